The number of rotatable bonds is 3. The van der Waals surface area contributed by atoms with Gasteiger partial charge in [-0.2, -0.15) is 0 Å². The number of aryl methyl sites for hydroxylation is 1. The Labute approximate surface area is 109 Å². The van der Waals surface area contributed by atoms with Gasteiger partial charge in [0.25, 0.3) is 10.0 Å². The highest BCUT2D eigenvalue weighted by Gasteiger charge is 2.20. The lowest BCUT2D eigenvalue weighted by molar-refractivity contribution is 0.420. The zero-order valence-electron chi connectivity index (χ0n) is 9.34. The molecular weight excluding hydrogens is 278 g/mol. The summed E-state index contributed by atoms with van der Waals surface area (Å²) in [5, 5.41) is 3.50. The maximum Gasteiger partial charge on any atom is 0.263 e. The van der Waals surface area contributed by atoms with E-state index in [9.17, 15) is 8.42 Å². The Kier molecular flexibility index (Phi) is 3.18. The lowest BCUT2D eigenvalue weighted by Gasteiger charge is -2.09. The van der Waals surface area contributed by atoms with Crippen LogP contribution in [-0.4, -0.2) is 13.6 Å². The van der Waals surface area contributed by atoms with Gasteiger partial charge in [0.1, 0.15) is 16.8 Å². The van der Waals surface area contributed by atoms with Crippen LogP contribution >= 0.6 is 11.6 Å². The Balaban J connectivity index is 2.44. The second-order valence-corrected chi connectivity index (χ2v) is 5.72. The molecule has 6 nitrogen and oxygen atoms in total. The third-order valence-electron chi connectivity index (χ3n) is 2.29. The van der Waals surface area contributed by atoms with Gasteiger partial charge in [0.05, 0.1) is 11.2 Å². The van der Waals surface area contributed by atoms with Gasteiger partial charge in [0.15, 0.2) is 0 Å². The average Bonchev–Trinajstić information content (AvgIpc) is 2.75. The first-order valence-electron chi connectivity index (χ1n) is 4.88. The smallest absolute Gasteiger partial charge is 0.263 e. The van der Waals surface area contributed by atoms with Gasteiger partial charge in [-0.3, -0.25) is 4.72 Å². The molecule has 2 rings (SSSR count). The van der Waals surface area contributed by atoms with Crippen LogP contribution in [0.2, 0.25) is 5.02 Å². The lowest BCUT2D eigenvalue weighted by atomic mass is 10.2. The number of nitrogens with one attached hydrogen (secondary N) is 1. The van der Waals surface area contributed by atoms with Crippen LogP contribution in [0.25, 0.3) is 0 Å². The highest BCUT2D eigenvalue weighted by Crippen LogP contribution is 2.28. The van der Waals surface area contributed by atoms with Crippen LogP contribution < -0.4 is 10.5 Å². The van der Waals surface area contributed by atoms with Crippen molar-refractivity contribution in [3.63, 3.8) is 0 Å². The molecule has 0 spiro atoms. The van der Waals surface area contributed by atoms with Crippen LogP contribution in [0.1, 0.15) is 5.56 Å². The Morgan fingerprint density at radius 3 is 2.78 bits per heavy atom. The van der Waals surface area contributed by atoms with Crippen LogP contribution in [0.15, 0.2) is 34.0 Å². The third kappa shape index (κ3) is 2.41. The van der Waals surface area contributed by atoms with Gasteiger partial charge in [0, 0.05) is 5.69 Å². The van der Waals surface area contributed by atoms with Crippen LogP contribution in [-0.2, 0) is 10.0 Å². The van der Waals surface area contributed by atoms with E-state index in [4.69, 9.17) is 17.3 Å². The average molecular weight is 288 g/mol. The number of hydrogen-bond acceptors (Lipinski definition) is 5. The van der Waals surface area contributed by atoms with Crippen LogP contribution in [0.5, 0.6) is 0 Å². The Morgan fingerprint density at radius 1 is 1.44 bits per heavy atom. The summed E-state index contributed by atoms with van der Waals surface area (Å²) in [4.78, 5) is -0.0894. The molecule has 0 bridgehead atoms. The highest BCUT2D eigenvalue weighted by molar-refractivity contribution is 7.92. The fourth-order valence-electron chi connectivity index (χ4n) is 1.34. The van der Waals surface area contributed by atoms with Crippen molar-refractivity contribution in [1.82, 2.24) is 5.16 Å². The van der Waals surface area contributed by atoms with Crippen LogP contribution in [0.3, 0.4) is 0 Å². The van der Waals surface area contributed by atoms with Gasteiger partial charge in [-0.05, 0) is 24.6 Å². The molecule has 3 N–H and O–H groups in total. The molecule has 96 valence electrons. The number of nitrogens with two attached hydrogens (primary N) is 1. The van der Waals surface area contributed by atoms with Gasteiger partial charge in [-0.1, -0.05) is 16.8 Å². The minimum absolute atomic E-state index is 0.0894. The summed E-state index contributed by atoms with van der Waals surface area (Å²) in [5.41, 5.74) is 6.95. The van der Waals surface area contributed by atoms with Crippen LogP contribution in [0, 0.1) is 6.92 Å². The zero-order chi connectivity index (χ0) is 13.3. The Bertz CT molecular complexity index is 668. The molecular formula is C10H10ClN3O3S. The number of benzene rings is 1. The highest BCUT2D eigenvalue weighted by atomic mass is 35.5. The minimum atomic E-state index is -3.82. The van der Waals surface area contributed by atoms with E-state index < -0.39 is 10.0 Å². The molecule has 2 aromatic rings. The molecule has 0 unspecified atom stereocenters. The Morgan fingerprint density at radius 2 is 2.17 bits per heavy atom. The summed E-state index contributed by atoms with van der Waals surface area (Å²) < 4.78 is 30.9. The zero-order valence-corrected chi connectivity index (χ0v) is 10.9. The number of anilines is 2. The molecule has 0 aliphatic carbocycles. The predicted molar refractivity (Wildman–Crippen MR) is 67.9 cm³/mol. The molecule has 0 aliphatic heterocycles. The molecule has 0 atom stereocenters. The first-order valence-corrected chi connectivity index (χ1v) is 6.74. The van der Waals surface area contributed by atoms with E-state index in [0.717, 1.165) is 0 Å². The largest absolute Gasteiger partial charge is 0.398 e. The molecule has 0 saturated heterocycles. The second kappa shape index (κ2) is 4.51. The van der Waals surface area contributed by atoms with Gasteiger partial charge in [-0.15, -0.1) is 0 Å². The number of aromatic nitrogens is 1. The van der Waals surface area contributed by atoms with Crippen molar-refractivity contribution < 1.29 is 12.9 Å². The second-order valence-electron chi connectivity index (χ2n) is 3.66. The van der Waals surface area contributed by atoms with Gasteiger partial charge >= 0.3 is 0 Å². The van der Waals surface area contributed by atoms with Crippen molar-refractivity contribution >= 4 is 33.0 Å². The molecule has 8 heteroatoms. The van der Waals surface area contributed by atoms with Gasteiger partial charge < -0.3 is 10.3 Å². The van der Waals surface area contributed by atoms with Crippen molar-refractivity contribution in [3.8, 4) is 0 Å². The topological polar surface area (TPSA) is 98.2 Å². The van der Waals surface area contributed by atoms with Gasteiger partial charge in [-0.25, -0.2) is 8.42 Å². The summed E-state index contributed by atoms with van der Waals surface area (Å²) in [5.74, 6) is 0. The SMILES string of the molecule is Cc1cc(Cl)c(S(=O)(=O)Nc2cnoc2)cc1N. The molecule has 0 amide bonds. The lowest BCUT2D eigenvalue weighted by Crippen LogP contribution is -2.13. The van der Waals surface area contributed by atoms with Crippen LogP contribution in [0.4, 0.5) is 11.4 Å². The summed E-state index contributed by atoms with van der Waals surface area (Å²) in [6.45, 7) is 1.74. The summed E-state index contributed by atoms with van der Waals surface area (Å²) in [7, 11) is -3.82. The van der Waals surface area contributed by atoms with Crippen molar-refractivity contribution in [3.05, 3.63) is 35.2 Å². The molecule has 18 heavy (non-hydrogen) atoms. The molecule has 0 saturated carbocycles. The van der Waals surface area contributed by atoms with Crippen molar-refractivity contribution in [2.45, 2.75) is 11.8 Å². The van der Waals surface area contributed by atoms with Crippen molar-refractivity contribution in [2.24, 2.45) is 0 Å². The number of hydrogen-bond donors (Lipinski definition) is 2. The summed E-state index contributed by atoms with van der Waals surface area (Å²) >= 11 is 5.91. The molecule has 0 fully saturated rings. The summed E-state index contributed by atoms with van der Waals surface area (Å²) in [6.07, 6.45) is 2.41. The Hall–Kier alpha value is -1.73. The molecule has 0 radical (unpaired) electrons. The van der Waals surface area contributed by atoms with Crippen molar-refractivity contribution in [1.29, 1.82) is 0 Å². The molecule has 0 aliphatic rings. The standard InChI is InChI=1S/C10H10ClN3O3S/c1-6-2-8(11)10(3-9(6)12)18(15,16)14-7-4-13-17-5-7/h2-5,14H,12H2,1H3. The predicted octanol–water partition coefficient (Wildman–Crippen LogP) is 2.02. The van der Waals surface area contributed by atoms with E-state index in [2.05, 4.69) is 14.4 Å². The fraction of sp³-hybridized carbons (Fsp3) is 0.100. The fourth-order valence-corrected chi connectivity index (χ4v) is 2.98. The third-order valence-corrected chi connectivity index (χ3v) is 4.14. The van der Waals surface area contributed by atoms with Crippen molar-refractivity contribution in [2.75, 3.05) is 10.5 Å². The molecule has 1 aromatic heterocycles. The monoisotopic (exact) mass is 287 g/mol. The first-order chi connectivity index (χ1) is 8.40. The number of sulfonamides is 1. The quantitative estimate of drug-likeness (QED) is 0.842. The maximum absolute atomic E-state index is 12.1. The summed E-state index contributed by atoms with van der Waals surface area (Å²) in [6, 6.07) is 2.81. The van der Waals surface area contributed by atoms with Gasteiger partial charge in [0.2, 0.25) is 0 Å². The molecule has 1 aromatic carbocycles. The van der Waals surface area contributed by atoms with E-state index in [0.29, 0.717) is 11.3 Å². The van der Waals surface area contributed by atoms with E-state index in [1.807, 2.05) is 0 Å². The van der Waals surface area contributed by atoms with E-state index in [-0.39, 0.29) is 15.6 Å². The number of halogens is 1. The number of nitrogen functional groups attached to an aromatic ring is 1. The van der Waals surface area contributed by atoms with E-state index in [1.54, 1.807) is 6.92 Å². The van der Waals surface area contributed by atoms with E-state index >= 15 is 0 Å². The molecule has 1 heterocycles. The normalized spacial score (nSPS) is 11.4. The number of nitrogens with zero attached hydrogens (tertiary/aromatic N) is 1. The maximum atomic E-state index is 12.1. The minimum Gasteiger partial charge on any atom is -0.398 e. The first kappa shape index (κ1) is 12.7. The van der Waals surface area contributed by atoms with E-state index in [1.165, 1.54) is 24.6 Å².